The maximum atomic E-state index is 12.0. The van der Waals surface area contributed by atoms with Crippen molar-refractivity contribution in [1.82, 2.24) is 4.98 Å². The molecule has 0 aliphatic carbocycles. The summed E-state index contributed by atoms with van der Waals surface area (Å²) in [6, 6.07) is 3.79. The van der Waals surface area contributed by atoms with E-state index in [1.165, 1.54) is 6.08 Å². The van der Waals surface area contributed by atoms with Gasteiger partial charge in [0.25, 0.3) is 0 Å². The molecule has 1 rings (SSSR count). The van der Waals surface area contributed by atoms with Crippen molar-refractivity contribution in [2.24, 2.45) is 5.41 Å². The molecule has 0 aromatic carbocycles. The van der Waals surface area contributed by atoms with E-state index in [9.17, 15) is 9.59 Å². The number of hydrogen-bond acceptors (Lipinski definition) is 4. The monoisotopic (exact) mass is 332 g/mol. The second kappa shape index (κ2) is 9.21. The zero-order chi connectivity index (χ0) is 18.2. The molecule has 1 unspecified atom stereocenters. The highest BCUT2D eigenvalue weighted by molar-refractivity contribution is 5.93. The molecule has 0 radical (unpaired) electrons. The topological polar surface area (TPSA) is 68.3 Å². The number of aromatic nitrogens is 1. The van der Waals surface area contributed by atoms with Crippen molar-refractivity contribution < 1.29 is 14.3 Å². The summed E-state index contributed by atoms with van der Waals surface area (Å²) in [6.45, 7) is 11.4. The lowest BCUT2D eigenvalue weighted by Gasteiger charge is -2.19. The third-order valence-corrected chi connectivity index (χ3v) is 3.69. The fourth-order valence-corrected chi connectivity index (χ4v) is 2.21. The van der Waals surface area contributed by atoms with Crippen LogP contribution in [0.4, 0.5) is 5.82 Å². The van der Waals surface area contributed by atoms with Gasteiger partial charge in [-0.05, 0) is 30.4 Å². The van der Waals surface area contributed by atoms with Crippen molar-refractivity contribution in [1.29, 1.82) is 0 Å². The predicted octanol–water partition coefficient (Wildman–Crippen LogP) is 4.07. The quantitative estimate of drug-likeness (QED) is 0.575. The van der Waals surface area contributed by atoms with E-state index in [2.05, 4.69) is 23.8 Å². The number of carbonyl (C=O) groups is 2. The Bertz CT molecular complexity index is 559. The Morgan fingerprint density at radius 2 is 2.04 bits per heavy atom. The summed E-state index contributed by atoms with van der Waals surface area (Å²) < 4.78 is 5.07. The Morgan fingerprint density at radius 1 is 1.33 bits per heavy atom. The minimum atomic E-state index is -0.458. The summed E-state index contributed by atoms with van der Waals surface area (Å²) in [7, 11) is 0. The maximum absolute atomic E-state index is 12.0. The number of rotatable bonds is 8. The van der Waals surface area contributed by atoms with Crippen molar-refractivity contribution >= 4 is 17.7 Å². The van der Waals surface area contributed by atoms with E-state index in [0.717, 1.165) is 24.8 Å². The van der Waals surface area contributed by atoms with E-state index in [-0.39, 0.29) is 11.8 Å². The highest BCUT2D eigenvalue weighted by atomic mass is 16.5. The third kappa shape index (κ3) is 6.52. The molecule has 0 spiro atoms. The van der Waals surface area contributed by atoms with Gasteiger partial charge in [-0.1, -0.05) is 46.8 Å². The van der Waals surface area contributed by atoms with Gasteiger partial charge in [0.2, 0.25) is 5.91 Å². The summed E-state index contributed by atoms with van der Waals surface area (Å²) >= 11 is 0. The molecule has 0 aliphatic rings. The van der Waals surface area contributed by atoms with Crippen molar-refractivity contribution in [3.63, 3.8) is 0 Å². The van der Waals surface area contributed by atoms with Crippen LogP contribution in [0, 0.1) is 5.41 Å². The van der Waals surface area contributed by atoms with E-state index in [1.807, 2.05) is 32.9 Å². The minimum Gasteiger partial charge on any atom is -0.463 e. The summed E-state index contributed by atoms with van der Waals surface area (Å²) in [4.78, 5) is 27.4. The molecular formula is C19H28N2O3. The molecule has 0 aliphatic heterocycles. The van der Waals surface area contributed by atoms with Gasteiger partial charge in [-0.2, -0.15) is 0 Å². The Morgan fingerprint density at radius 3 is 2.54 bits per heavy atom. The van der Waals surface area contributed by atoms with Gasteiger partial charge in [-0.15, -0.1) is 0 Å². The normalized spacial score (nSPS) is 12.3. The van der Waals surface area contributed by atoms with Gasteiger partial charge in [0.05, 0.1) is 6.61 Å². The van der Waals surface area contributed by atoms with E-state index in [4.69, 9.17) is 4.74 Å². The van der Waals surface area contributed by atoms with Crippen molar-refractivity contribution in [2.45, 2.75) is 52.9 Å². The molecule has 132 valence electrons. The van der Waals surface area contributed by atoms with E-state index in [1.54, 1.807) is 6.20 Å². The number of hydrogen-bond donors (Lipinski definition) is 1. The Hall–Kier alpha value is -2.17. The van der Waals surface area contributed by atoms with Crippen LogP contribution in [-0.4, -0.2) is 23.5 Å². The molecule has 0 saturated carbocycles. The second-order valence-electron chi connectivity index (χ2n) is 6.83. The van der Waals surface area contributed by atoms with Gasteiger partial charge in [0.15, 0.2) is 0 Å². The number of nitrogens with one attached hydrogen (secondary N) is 1. The largest absolute Gasteiger partial charge is 0.463 e. The minimum absolute atomic E-state index is 0.0656. The highest BCUT2D eigenvalue weighted by Crippen LogP contribution is 2.25. The van der Waals surface area contributed by atoms with E-state index >= 15 is 0 Å². The molecule has 1 atom stereocenters. The number of amides is 1. The van der Waals surface area contributed by atoms with Crippen molar-refractivity contribution in [3.05, 3.63) is 36.5 Å². The smallest absolute Gasteiger partial charge is 0.330 e. The standard InChI is InChI=1S/C19H28N2O3/c1-6-8-14(11-12-24-17(22)7-2)15-9-10-16(20-13-15)21-18(23)19(3,4)5/h7,9-10,13-14H,2,6,8,11-12H2,1,3-5H3,(H,20,21,23). The average molecular weight is 332 g/mol. The van der Waals surface area contributed by atoms with Crippen molar-refractivity contribution in [2.75, 3.05) is 11.9 Å². The average Bonchev–Trinajstić information content (AvgIpc) is 2.53. The fraction of sp³-hybridized carbons (Fsp3) is 0.526. The summed E-state index contributed by atoms with van der Waals surface area (Å²) in [5.41, 5.74) is 0.625. The van der Waals surface area contributed by atoms with Crippen LogP contribution >= 0.6 is 0 Å². The van der Waals surface area contributed by atoms with Crippen molar-refractivity contribution in [3.8, 4) is 0 Å². The SMILES string of the molecule is C=CC(=O)OCCC(CCC)c1ccc(NC(=O)C(C)(C)C)nc1. The Balaban J connectivity index is 2.70. The van der Waals surface area contributed by atoms with E-state index < -0.39 is 11.4 Å². The van der Waals surface area contributed by atoms with Crippen LogP contribution < -0.4 is 5.32 Å². The molecule has 1 heterocycles. The maximum Gasteiger partial charge on any atom is 0.330 e. The molecule has 1 N–H and O–H groups in total. The van der Waals surface area contributed by atoms with Crippen LogP contribution in [0.25, 0.3) is 0 Å². The predicted molar refractivity (Wildman–Crippen MR) is 95.7 cm³/mol. The molecular weight excluding hydrogens is 304 g/mol. The lowest BCUT2D eigenvalue weighted by Crippen LogP contribution is -2.28. The zero-order valence-electron chi connectivity index (χ0n) is 15.1. The van der Waals surface area contributed by atoms with Crippen LogP contribution in [-0.2, 0) is 14.3 Å². The number of pyridine rings is 1. The molecule has 1 aromatic heterocycles. The zero-order valence-corrected chi connectivity index (χ0v) is 15.1. The van der Waals surface area contributed by atoms with Gasteiger partial charge in [-0.3, -0.25) is 4.79 Å². The molecule has 0 bridgehead atoms. The van der Waals surface area contributed by atoms with E-state index in [0.29, 0.717) is 12.4 Å². The van der Waals surface area contributed by atoms with Crippen LogP contribution in [0.5, 0.6) is 0 Å². The van der Waals surface area contributed by atoms with Gasteiger partial charge in [0.1, 0.15) is 5.82 Å². The first-order valence-corrected chi connectivity index (χ1v) is 8.34. The number of nitrogens with zero attached hydrogens (tertiary/aromatic N) is 1. The summed E-state index contributed by atoms with van der Waals surface area (Å²) in [6.07, 6.45) is 5.71. The van der Waals surface area contributed by atoms with Gasteiger partial charge < -0.3 is 10.1 Å². The first-order valence-electron chi connectivity index (χ1n) is 8.34. The number of ether oxygens (including phenoxy) is 1. The first-order chi connectivity index (χ1) is 11.3. The fourth-order valence-electron chi connectivity index (χ4n) is 2.21. The molecule has 1 amide bonds. The second-order valence-corrected chi connectivity index (χ2v) is 6.83. The van der Waals surface area contributed by atoms with Gasteiger partial charge >= 0.3 is 5.97 Å². The van der Waals surface area contributed by atoms with Gasteiger partial charge in [0, 0.05) is 17.7 Å². The van der Waals surface area contributed by atoms with Crippen LogP contribution in [0.2, 0.25) is 0 Å². The lowest BCUT2D eigenvalue weighted by molar-refractivity contribution is -0.137. The van der Waals surface area contributed by atoms with Crippen LogP contribution in [0.15, 0.2) is 31.0 Å². The first kappa shape index (κ1) is 19.9. The lowest BCUT2D eigenvalue weighted by atomic mass is 9.93. The third-order valence-electron chi connectivity index (χ3n) is 3.69. The molecule has 5 nitrogen and oxygen atoms in total. The molecule has 1 aromatic rings. The van der Waals surface area contributed by atoms with Crippen LogP contribution in [0.3, 0.4) is 0 Å². The number of carbonyl (C=O) groups excluding carboxylic acids is 2. The molecule has 0 fully saturated rings. The molecule has 0 saturated heterocycles. The molecule has 24 heavy (non-hydrogen) atoms. The van der Waals surface area contributed by atoms with Gasteiger partial charge in [-0.25, -0.2) is 9.78 Å². The Labute approximate surface area is 144 Å². The number of anilines is 1. The van der Waals surface area contributed by atoms with Crippen LogP contribution in [0.1, 0.15) is 58.4 Å². The Kier molecular flexibility index (Phi) is 7.62. The molecule has 5 heteroatoms. The summed E-state index contributed by atoms with van der Waals surface area (Å²) in [5, 5.41) is 2.82. The number of esters is 1. The highest BCUT2D eigenvalue weighted by Gasteiger charge is 2.21. The summed E-state index contributed by atoms with van der Waals surface area (Å²) in [5.74, 6) is 0.354.